The number of rotatable bonds is 2. The smallest absolute Gasteiger partial charge is 0.172 e. The molecule has 20 heavy (non-hydrogen) atoms. The van der Waals surface area contributed by atoms with Gasteiger partial charge in [0.05, 0.1) is 11.0 Å². The van der Waals surface area contributed by atoms with Crippen LogP contribution in [0.15, 0.2) is 24.3 Å². The first-order valence-corrected chi connectivity index (χ1v) is 6.71. The molecule has 1 aliphatic rings. The van der Waals surface area contributed by atoms with Crippen LogP contribution in [0.3, 0.4) is 0 Å². The highest BCUT2D eigenvalue weighted by Gasteiger charge is 2.22. The van der Waals surface area contributed by atoms with Crippen LogP contribution in [-0.2, 0) is 0 Å². The Balaban J connectivity index is 0.00000147. The summed E-state index contributed by atoms with van der Waals surface area (Å²) in [5.74, 6) is 1.81. The second kappa shape index (κ2) is 6.24. The maximum absolute atomic E-state index is 4.79. The van der Waals surface area contributed by atoms with E-state index >= 15 is 0 Å². The molecule has 2 aromatic rings. The third kappa shape index (κ3) is 2.64. The molecule has 1 unspecified atom stereocenters. The predicted molar refractivity (Wildman–Crippen MR) is 86.0 cm³/mol. The molecular formula is C14H20ClN5. The highest BCUT2D eigenvalue weighted by molar-refractivity contribution is 5.85. The lowest BCUT2D eigenvalue weighted by molar-refractivity contribution is 0.497. The van der Waals surface area contributed by atoms with Crippen molar-refractivity contribution in [1.82, 2.24) is 15.3 Å². The van der Waals surface area contributed by atoms with Gasteiger partial charge in [-0.15, -0.1) is 12.4 Å². The third-order valence-electron chi connectivity index (χ3n) is 3.56. The second-order valence-electron chi connectivity index (χ2n) is 4.88. The standard InChI is InChI=1S/C14H19N5.ClH/c1-10-9-16-7-8-19(10)14-13(15-2)17-11-5-3-4-6-12(11)18-14;/h3-6,10,16H,7-9H2,1-2H3,(H,15,17);1H. The van der Waals surface area contributed by atoms with Crippen molar-refractivity contribution in [2.24, 2.45) is 0 Å². The van der Waals surface area contributed by atoms with Gasteiger partial charge in [0, 0.05) is 32.7 Å². The second-order valence-corrected chi connectivity index (χ2v) is 4.88. The van der Waals surface area contributed by atoms with Crippen LogP contribution in [0, 0.1) is 0 Å². The monoisotopic (exact) mass is 293 g/mol. The molecule has 2 N–H and O–H groups in total. The maximum atomic E-state index is 4.79. The fourth-order valence-corrected chi connectivity index (χ4v) is 2.51. The van der Waals surface area contributed by atoms with E-state index in [2.05, 4.69) is 27.4 Å². The van der Waals surface area contributed by atoms with Crippen LogP contribution in [0.5, 0.6) is 0 Å². The van der Waals surface area contributed by atoms with E-state index in [1.807, 2.05) is 31.3 Å². The normalized spacial score (nSPS) is 18.7. The molecule has 0 amide bonds. The van der Waals surface area contributed by atoms with Crippen LogP contribution < -0.4 is 15.5 Å². The number of aromatic nitrogens is 2. The number of anilines is 2. The molecule has 1 aromatic heterocycles. The molecule has 5 nitrogen and oxygen atoms in total. The molecule has 108 valence electrons. The van der Waals surface area contributed by atoms with E-state index in [1.165, 1.54) is 0 Å². The number of hydrogen-bond acceptors (Lipinski definition) is 5. The lowest BCUT2D eigenvalue weighted by Gasteiger charge is -2.35. The van der Waals surface area contributed by atoms with E-state index in [1.54, 1.807) is 0 Å². The molecule has 6 heteroatoms. The Morgan fingerprint density at radius 2 is 1.95 bits per heavy atom. The molecule has 1 fully saturated rings. The molecule has 3 rings (SSSR count). The minimum absolute atomic E-state index is 0. The molecule has 0 spiro atoms. The fraction of sp³-hybridized carbons (Fsp3) is 0.429. The number of fused-ring (bicyclic) bond motifs is 1. The zero-order chi connectivity index (χ0) is 13.2. The van der Waals surface area contributed by atoms with Crippen LogP contribution in [0.1, 0.15) is 6.92 Å². The summed E-state index contributed by atoms with van der Waals surface area (Å²) >= 11 is 0. The highest BCUT2D eigenvalue weighted by atomic mass is 35.5. The van der Waals surface area contributed by atoms with Crippen LogP contribution in [0.25, 0.3) is 11.0 Å². The Labute approximate surface area is 125 Å². The van der Waals surface area contributed by atoms with Crippen molar-refractivity contribution >= 4 is 35.1 Å². The summed E-state index contributed by atoms with van der Waals surface area (Å²) in [5.41, 5.74) is 1.88. The first-order chi connectivity index (χ1) is 9.29. The first kappa shape index (κ1) is 14.8. The molecular weight excluding hydrogens is 274 g/mol. The lowest BCUT2D eigenvalue weighted by Crippen LogP contribution is -2.50. The van der Waals surface area contributed by atoms with Crippen molar-refractivity contribution in [2.75, 3.05) is 36.9 Å². The molecule has 1 atom stereocenters. The van der Waals surface area contributed by atoms with Gasteiger partial charge in [-0.3, -0.25) is 0 Å². The summed E-state index contributed by atoms with van der Waals surface area (Å²) in [6.45, 7) is 5.14. The highest BCUT2D eigenvalue weighted by Crippen LogP contribution is 2.26. The maximum Gasteiger partial charge on any atom is 0.172 e. The van der Waals surface area contributed by atoms with Gasteiger partial charge in [-0.1, -0.05) is 12.1 Å². The van der Waals surface area contributed by atoms with E-state index in [-0.39, 0.29) is 12.4 Å². The summed E-state index contributed by atoms with van der Waals surface area (Å²) in [7, 11) is 1.90. The molecule has 1 aliphatic heterocycles. The number of nitrogens with zero attached hydrogens (tertiary/aromatic N) is 3. The van der Waals surface area contributed by atoms with E-state index in [4.69, 9.17) is 4.98 Å². The minimum Gasteiger partial charge on any atom is -0.370 e. The largest absolute Gasteiger partial charge is 0.370 e. The number of halogens is 1. The zero-order valence-corrected chi connectivity index (χ0v) is 12.6. The summed E-state index contributed by atoms with van der Waals surface area (Å²) < 4.78 is 0. The SMILES string of the molecule is CNc1nc2ccccc2nc1N1CCNCC1C.Cl. The first-order valence-electron chi connectivity index (χ1n) is 6.71. The molecule has 0 bridgehead atoms. The van der Waals surface area contributed by atoms with Gasteiger partial charge in [0.1, 0.15) is 0 Å². The van der Waals surface area contributed by atoms with Crippen molar-refractivity contribution in [1.29, 1.82) is 0 Å². The van der Waals surface area contributed by atoms with Crippen molar-refractivity contribution in [3.8, 4) is 0 Å². The van der Waals surface area contributed by atoms with Crippen molar-refractivity contribution in [2.45, 2.75) is 13.0 Å². The van der Waals surface area contributed by atoms with E-state index < -0.39 is 0 Å². The van der Waals surface area contributed by atoms with Gasteiger partial charge >= 0.3 is 0 Å². The molecule has 0 aliphatic carbocycles. The third-order valence-corrected chi connectivity index (χ3v) is 3.56. The zero-order valence-electron chi connectivity index (χ0n) is 11.8. The van der Waals surface area contributed by atoms with Crippen molar-refractivity contribution in [3.05, 3.63) is 24.3 Å². The average molecular weight is 294 g/mol. The summed E-state index contributed by atoms with van der Waals surface area (Å²) in [5, 5.41) is 6.57. The number of piperazine rings is 1. The van der Waals surface area contributed by atoms with Gasteiger partial charge in [0.15, 0.2) is 11.6 Å². The van der Waals surface area contributed by atoms with Crippen LogP contribution >= 0.6 is 12.4 Å². The fourth-order valence-electron chi connectivity index (χ4n) is 2.51. The Morgan fingerprint density at radius 1 is 1.25 bits per heavy atom. The summed E-state index contributed by atoms with van der Waals surface area (Å²) in [6.07, 6.45) is 0. The van der Waals surface area contributed by atoms with Crippen LogP contribution in [0.2, 0.25) is 0 Å². The molecule has 1 saturated heterocycles. The number of benzene rings is 1. The van der Waals surface area contributed by atoms with Gasteiger partial charge in [-0.25, -0.2) is 9.97 Å². The predicted octanol–water partition coefficient (Wildman–Crippen LogP) is 1.89. The van der Waals surface area contributed by atoms with Gasteiger partial charge in [-0.05, 0) is 19.1 Å². The van der Waals surface area contributed by atoms with Gasteiger partial charge in [0.25, 0.3) is 0 Å². The number of nitrogens with one attached hydrogen (secondary N) is 2. The van der Waals surface area contributed by atoms with Gasteiger partial charge in [0.2, 0.25) is 0 Å². The minimum atomic E-state index is 0. The van der Waals surface area contributed by atoms with Crippen molar-refractivity contribution in [3.63, 3.8) is 0 Å². The number of para-hydroxylation sites is 2. The Kier molecular flexibility index (Phi) is 4.62. The summed E-state index contributed by atoms with van der Waals surface area (Å²) in [6, 6.07) is 8.42. The summed E-state index contributed by atoms with van der Waals surface area (Å²) in [4.78, 5) is 11.8. The topological polar surface area (TPSA) is 53.1 Å². The van der Waals surface area contributed by atoms with Gasteiger partial charge in [-0.2, -0.15) is 0 Å². The quantitative estimate of drug-likeness (QED) is 0.886. The van der Waals surface area contributed by atoms with E-state index in [9.17, 15) is 0 Å². The molecule has 1 aromatic carbocycles. The van der Waals surface area contributed by atoms with E-state index in [0.717, 1.165) is 42.3 Å². The lowest BCUT2D eigenvalue weighted by atomic mass is 10.2. The van der Waals surface area contributed by atoms with Crippen molar-refractivity contribution < 1.29 is 0 Å². The molecule has 0 saturated carbocycles. The Morgan fingerprint density at radius 3 is 2.60 bits per heavy atom. The van der Waals surface area contributed by atoms with E-state index in [0.29, 0.717) is 6.04 Å². The molecule has 0 radical (unpaired) electrons. The van der Waals surface area contributed by atoms with Gasteiger partial charge < -0.3 is 15.5 Å². The van der Waals surface area contributed by atoms with Crippen LogP contribution in [0.4, 0.5) is 11.6 Å². The number of hydrogen-bond donors (Lipinski definition) is 2. The molecule has 2 heterocycles. The average Bonchev–Trinajstić information content (AvgIpc) is 2.46. The van der Waals surface area contributed by atoms with Crippen LogP contribution in [-0.4, -0.2) is 42.7 Å². The Hall–Kier alpha value is -1.59. The Bertz CT molecular complexity index is 589.